The average Bonchev–Trinajstić information content (AvgIpc) is 3.12. The number of fused-ring (bicyclic) bond motifs is 2. The Bertz CT molecular complexity index is 685. The lowest BCUT2D eigenvalue weighted by molar-refractivity contribution is 0.00104. The van der Waals surface area contributed by atoms with Gasteiger partial charge in [0.05, 0.1) is 6.10 Å². The van der Waals surface area contributed by atoms with Crippen LogP contribution in [0.3, 0.4) is 0 Å². The van der Waals surface area contributed by atoms with Crippen LogP contribution in [-0.2, 0) is 4.74 Å². The van der Waals surface area contributed by atoms with Crippen LogP contribution in [0.2, 0.25) is 0 Å². The molecule has 2 aromatic rings. The third kappa shape index (κ3) is 2.04. The first-order chi connectivity index (χ1) is 10.2. The number of anilines is 1. The topological polar surface area (TPSA) is 80.0 Å². The molecule has 2 saturated heterocycles. The predicted octanol–water partition coefficient (Wildman–Crippen LogP) is 1.04. The molecule has 110 valence electrons. The molecule has 2 fully saturated rings. The molecule has 7 heteroatoms. The monoisotopic (exact) mass is 288 g/mol. The molecule has 2 atom stereocenters. The van der Waals surface area contributed by atoms with Crippen molar-refractivity contribution >= 4 is 17.6 Å². The average molecular weight is 288 g/mol. The fourth-order valence-corrected chi connectivity index (χ4v) is 3.29. The van der Waals surface area contributed by atoms with Crippen molar-refractivity contribution in [3.8, 4) is 0 Å². The first kappa shape index (κ1) is 12.6. The van der Waals surface area contributed by atoms with Crippen molar-refractivity contribution in [2.75, 3.05) is 24.6 Å². The minimum absolute atomic E-state index is 0.0273. The zero-order valence-electron chi connectivity index (χ0n) is 11.5. The van der Waals surface area contributed by atoms with Crippen molar-refractivity contribution < 1.29 is 14.6 Å². The van der Waals surface area contributed by atoms with Gasteiger partial charge < -0.3 is 14.7 Å². The van der Waals surface area contributed by atoms with E-state index in [9.17, 15) is 9.90 Å². The van der Waals surface area contributed by atoms with E-state index < -0.39 is 5.97 Å². The van der Waals surface area contributed by atoms with Crippen LogP contribution in [-0.4, -0.2) is 51.2 Å². The Hall–Kier alpha value is -2.15. The summed E-state index contributed by atoms with van der Waals surface area (Å²) in [4.78, 5) is 21.8. The van der Waals surface area contributed by atoms with E-state index >= 15 is 0 Å². The number of carbonyl (C=O) groups is 1. The second-order valence-corrected chi connectivity index (χ2v) is 5.62. The number of carboxylic acids is 1. The summed E-state index contributed by atoms with van der Waals surface area (Å²) in [5, 5.41) is 9.21. The van der Waals surface area contributed by atoms with Gasteiger partial charge in [0.1, 0.15) is 5.65 Å². The Labute approximate surface area is 121 Å². The second kappa shape index (κ2) is 4.70. The van der Waals surface area contributed by atoms with Crippen LogP contribution in [0.15, 0.2) is 18.5 Å². The lowest BCUT2D eigenvalue weighted by atomic mass is 9.98. The maximum absolute atomic E-state index is 11.2. The molecule has 2 aliphatic heterocycles. The fourth-order valence-electron chi connectivity index (χ4n) is 3.29. The van der Waals surface area contributed by atoms with Gasteiger partial charge in [-0.1, -0.05) is 0 Å². The van der Waals surface area contributed by atoms with Crippen molar-refractivity contribution in [2.24, 2.45) is 5.92 Å². The molecule has 2 aromatic heterocycles. The standard InChI is InChI=1S/C14H16N4O3/c19-13(20)10-6-12-15-3-4-18(12)14(16-10)17-7-9-2-1-5-21-11(9)8-17/h3-4,6,9,11H,1-2,5,7-8H2,(H,19,20)/t9-,11+/m0/s1. The van der Waals surface area contributed by atoms with Gasteiger partial charge in [-0.25, -0.2) is 14.8 Å². The second-order valence-electron chi connectivity index (χ2n) is 5.62. The molecule has 0 saturated carbocycles. The molecule has 2 aliphatic rings. The summed E-state index contributed by atoms with van der Waals surface area (Å²) in [7, 11) is 0. The molecule has 0 amide bonds. The van der Waals surface area contributed by atoms with Crippen LogP contribution in [0.5, 0.6) is 0 Å². The Balaban J connectivity index is 1.75. The zero-order valence-corrected chi connectivity index (χ0v) is 11.5. The van der Waals surface area contributed by atoms with Gasteiger partial charge in [0.25, 0.3) is 0 Å². The first-order valence-electron chi connectivity index (χ1n) is 7.16. The van der Waals surface area contributed by atoms with E-state index in [-0.39, 0.29) is 11.8 Å². The summed E-state index contributed by atoms with van der Waals surface area (Å²) >= 11 is 0. The van der Waals surface area contributed by atoms with Gasteiger partial charge in [-0.3, -0.25) is 4.40 Å². The highest BCUT2D eigenvalue weighted by Crippen LogP contribution is 2.31. The first-order valence-corrected chi connectivity index (χ1v) is 7.16. The normalized spacial score (nSPS) is 25.2. The van der Waals surface area contributed by atoms with Gasteiger partial charge in [-0.15, -0.1) is 0 Å². The molecule has 0 bridgehead atoms. The smallest absolute Gasteiger partial charge is 0.354 e. The minimum atomic E-state index is -1.03. The molecule has 4 heterocycles. The lowest BCUT2D eigenvalue weighted by Gasteiger charge is -2.23. The SMILES string of the molecule is O=C(O)c1cc2nccn2c(N2C[C@@H]3CCCO[C@@H]3C2)n1. The maximum Gasteiger partial charge on any atom is 0.354 e. The Morgan fingerprint density at radius 2 is 2.33 bits per heavy atom. The number of nitrogens with zero attached hydrogens (tertiary/aromatic N) is 4. The van der Waals surface area contributed by atoms with Crippen LogP contribution >= 0.6 is 0 Å². The van der Waals surface area contributed by atoms with Crippen molar-refractivity contribution in [2.45, 2.75) is 18.9 Å². The summed E-state index contributed by atoms with van der Waals surface area (Å²) in [5.74, 6) is 0.114. The summed E-state index contributed by atoms with van der Waals surface area (Å²) in [6.45, 7) is 2.43. The number of hydrogen-bond donors (Lipinski definition) is 1. The van der Waals surface area contributed by atoms with Crippen molar-refractivity contribution in [3.05, 3.63) is 24.2 Å². The molecule has 0 unspecified atom stereocenters. The molecular weight excluding hydrogens is 272 g/mol. The van der Waals surface area contributed by atoms with Gasteiger partial charge in [-0.2, -0.15) is 0 Å². The van der Waals surface area contributed by atoms with E-state index in [0.717, 1.165) is 32.5 Å². The number of carboxylic acid groups (broad SMARTS) is 1. The summed E-state index contributed by atoms with van der Waals surface area (Å²) in [6.07, 6.45) is 5.95. The molecule has 0 spiro atoms. The summed E-state index contributed by atoms with van der Waals surface area (Å²) in [5.41, 5.74) is 0.632. The highest BCUT2D eigenvalue weighted by molar-refractivity contribution is 5.87. The van der Waals surface area contributed by atoms with Crippen molar-refractivity contribution in [1.82, 2.24) is 14.4 Å². The molecule has 21 heavy (non-hydrogen) atoms. The Morgan fingerprint density at radius 3 is 3.14 bits per heavy atom. The van der Waals surface area contributed by atoms with Crippen LogP contribution in [0.25, 0.3) is 5.65 Å². The number of ether oxygens (including phenoxy) is 1. The van der Waals surface area contributed by atoms with Crippen molar-refractivity contribution in [3.63, 3.8) is 0 Å². The van der Waals surface area contributed by atoms with Crippen LogP contribution in [0, 0.1) is 5.92 Å². The number of hydrogen-bond acceptors (Lipinski definition) is 5. The Kier molecular flexibility index (Phi) is 2.81. The predicted molar refractivity (Wildman–Crippen MR) is 74.6 cm³/mol. The third-order valence-electron chi connectivity index (χ3n) is 4.31. The van der Waals surface area contributed by atoms with Crippen LogP contribution in [0.1, 0.15) is 23.3 Å². The van der Waals surface area contributed by atoms with Gasteiger partial charge in [0.2, 0.25) is 5.95 Å². The highest BCUT2D eigenvalue weighted by Gasteiger charge is 2.37. The maximum atomic E-state index is 11.2. The highest BCUT2D eigenvalue weighted by atomic mass is 16.5. The zero-order chi connectivity index (χ0) is 14.4. The van der Waals surface area contributed by atoms with Crippen molar-refractivity contribution in [1.29, 1.82) is 0 Å². The summed E-state index contributed by atoms with van der Waals surface area (Å²) < 4.78 is 7.65. The van der Waals surface area contributed by atoms with Gasteiger partial charge in [0.15, 0.2) is 5.69 Å². The molecule has 0 radical (unpaired) electrons. The number of aromatic carboxylic acids is 1. The lowest BCUT2D eigenvalue weighted by Crippen LogP contribution is -2.28. The van der Waals surface area contributed by atoms with E-state index in [1.54, 1.807) is 6.20 Å². The van der Waals surface area contributed by atoms with Gasteiger partial charge in [-0.05, 0) is 12.8 Å². The quantitative estimate of drug-likeness (QED) is 0.889. The largest absolute Gasteiger partial charge is 0.477 e. The van der Waals surface area contributed by atoms with E-state index in [4.69, 9.17) is 4.74 Å². The molecule has 4 rings (SSSR count). The van der Waals surface area contributed by atoms with Crippen LogP contribution in [0.4, 0.5) is 5.95 Å². The van der Waals surface area contributed by atoms with E-state index in [0.29, 0.717) is 17.5 Å². The number of rotatable bonds is 2. The molecule has 0 aromatic carbocycles. The number of imidazole rings is 1. The third-order valence-corrected chi connectivity index (χ3v) is 4.31. The van der Waals surface area contributed by atoms with E-state index in [1.807, 2.05) is 10.6 Å². The minimum Gasteiger partial charge on any atom is -0.477 e. The summed E-state index contributed by atoms with van der Waals surface area (Å²) in [6, 6.07) is 1.49. The van der Waals surface area contributed by atoms with Crippen LogP contribution < -0.4 is 4.90 Å². The fraction of sp³-hybridized carbons (Fsp3) is 0.500. The Morgan fingerprint density at radius 1 is 1.43 bits per heavy atom. The van der Waals surface area contributed by atoms with E-state index in [2.05, 4.69) is 14.9 Å². The molecule has 1 N–H and O–H groups in total. The van der Waals surface area contributed by atoms with E-state index in [1.165, 1.54) is 6.07 Å². The molecular formula is C14H16N4O3. The molecule has 7 nitrogen and oxygen atoms in total. The number of aromatic nitrogens is 3. The molecule has 0 aliphatic carbocycles. The van der Waals surface area contributed by atoms with Gasteiger partial charge >= 0.3 is 5.97 Å². The van der Waals surface area contributed by atoms with Gasteiger partial charge in [0, 0.05) is 44.1 Å².